The van der Waals surface area contributed by atoms with Crippen molar-refractivity contribution in [3.8, 4) is 0 Å². The summed E-state index contributed by atoms with van der Waals surface area (Å²) in [5.74, 6) is -0.219. The summed E-state index contributed by atoms with van der Waals surface area (Å²) in [6.07, 6.45) is 3.36. The van der Waals surface area contributed by atoms with Crippen molar-refractivity contribution in [1.82, 2.24) is 4.90 Å². The highest BCUT2D eigenvalue weighted by molar-refractivity contribution is 6.30. The van der Waals surface area contributed by atoms with Crippen molar-refractivity contribution < 1.29 is 9.50 Å². The molecule has 0 bridgehead atoms. The number of hydrogen-bond acceptors (Lipinski definition) is 2. The summed E-state index contributed by atoms with van der Waals surface area (Å²) >= 11 is 5.94. The van der Waals surface area contributed by atoms with Crippen LogP contribution < -0.4 is 0 Å². The van der Waals surface area contributed by atoms with Gasteiger partial charge in [-0.15, -0.1) is 0 Å². The maximum atomic E-state index is 13.0. The minimum atomic E-state index is -0.751. The molecule has 0 radical (unpaired) electrons. The lowest BCUT2D eigenvalue weighted by molar-refractivity contribution is -0.0259. The standard InChI is InChI=1S/C22H25ClFNO/c1-17(18-4-10-21(24)11-5-18)3-2-14-25-15-12-22(26,13-16-25)19-6-8-20(23)9-7-19/h4-11,26H,1-3,12-16H2. The van der Waals surface area contributed by atoms with E-state index >= 15 is 0 Å². The van der Waals surface area contributed by atoms with Crippen LogP contribution in [0.25, 0.3) is 5.57 Å². The zero-order valence-electron chi connectivity index (χ0n) is 14.9. The number of nitrogens with zero attached hydrogens (tertiary/aromatic N) is 1. The molecular formula is C22H25ClFNO. The molecule has 1 aliphatic heterocycles. The summed E-state index contributed by atoms with van der Waals surface area (Å²) < 4.78 is 13.0. The van der Waals surface area contributed by atoms with Gasteiger partial charge in [0.1, 0.15) is 5.82 Å². The van der Waals surface area contributed by atoms with Crippen LogP contribution in [0.4, 0.5) is 4.39 Å². The normalized spacial score (nSPS) is 17.2. The van der Waals surface area contributed by atoms with Crippen LogP contribution in [0.5, 0.6) is 0 Å². The van der Waals surface area contributed by atoms with Crippen LogP contribution in [0, 0.1) is 5.82 Å². The molecule has 0 spiro atoms. The topological polar surface area (TPSA) is 23.5 Å². The van der Waals surface area contributed by atoms with Crippen LogP contribution in [0.15, 0.2) is 55.1 Å². The highest BCUT2D eigenvalue weighted by atomic mass is 35.5. The van der Waals surface area contributed by atoms with Gasteiger partial charge in [-0.05, 0) is 73.2 Å². The van der Waals surface area contributed by atoms with Gasteiger partial charge in [0.05, 0.1) is 5.60 Å². The van der Waals surface area contributed by atoms with Crippen LogP contribution in [0.1, 0.15) is 36.8 Å². The average molecular weight is 374 g/mol. The summed E-state index contributed by atoms with van der Waals surface area (Å²) in [5.41, 5.74) is 2.24. The number of piperidine rings is 1. The Morgan fingerprint density at radius 1 is 1.08 bits per heavy atom. The lowest BCUT2D eigenvalue weighted by Gasteiger charge is -2.38. The molecule has 1 heterocycles. The molecule has 2 aromatic carbocycles. The average Bonchev–Trinajstić information content (AvgIpc) is 2.64. The molecule has 1 aliphatic rings. The number of aliphatic hydroxyl groups is 1. The number of rotatable bonds is 6. The Bertz CT molecular complexity index is 734. The van der Waals surface area contributed by atoms with E-state index in [1.807, 2.05) is 24.3 Å². The molecule has 0 aromatic heterocycles. The predicted molar refractivity (Wildman–Crippen MR) is 106 cm³/mol. The number of allylic oxidation sites excluding steroid dienone is 1. The molecule has 4 heteroatoms. The maximum absolute atomic E-state index is 13.0. The van der Waals surface area contributed by atoms with E-state index in [1.165, 1.54) is 12.1 Å². The first-order valence-corrected chi connectivity index (χ1v) is 9.49. The zero-order chi connectivity index (χ0) is 18.6. The van der Waals surface area contributed by atoms with Gasteiger partial charge >= 0.3 is 0 Å². The minimum Gasteiger partial charge on any atom is -0.385 e. The molecule has 3 rings (SSSR count). The SMILES string of the molecule is C=C(CCCN1CCC(O)(c2ccc(Cl)cc2)CC1)c1ccc(F)cc1. The third-order valence-electron chi connectivity index (χ3n) is 5.27. The molecule has 1 N–H and O–H groups in total. The Hall–Kier alpha value is -1.68. The quantitative estimate of drug-likeness (QED) is 0.746. The van der Waals surface area contributed by atoms with Crippen LogP contribution in [0.2, 0.25) is 5.02 Å². The lowest BCUT2D eigenvalue weighted by Crippen LogP contribution is -2.42. The molecule has 0 aliphatic carbocycles. The molecule has 2 aromatic rings. The zero-order valence-corrected chi connectivity index (χ0v) is 15.7. The Kier molecular flexibility index (Phi) is 6.13. The van der Waals surface area contributed by atoms with Gasteiger partial charge in [0.2, 0.25) is 0 Å². The van der Waals surface area contributed by atoms with Crippen molar-refractivity contribution in [3.05, 3.63) is 77.1 Å². The van der Waals surface area contributed by atoms with Crippen molar-refractivity contribution in [3.63, 3.8) is 0 Å². The van der Waals surface area contributed by atoms with Gasteiger partial charge in [0.15, 0.2) is 0 Å². The van der Waals surface area contributed by atoms with Crippen LogP contribution in [-0.2, 0) is 5.60 Å². The van der Waals surface area contributed by atoms with Crippen molar-refractivity contribution in [2.24, 2.45) is 0 Å². The Balaban J connectivity index is 1.44. The summed E-state index contributed by atoms with van der Waals surface area (Å²) in [6.45, 7) is 6.85. The Labute approximate surface area is 159 Å². The van der Waals surface area contributed by atoms with Crippen molar-refractivity contribution in [2.45, 2.75) is 31.3 Å². The van der Waals surface area contributed by atoms with E-state index in [2.05, 4.69) is 11.5 Å². The monoisotopic (exact) mass is 373 g/mol. The fourth-order valence-electron chi connectivity index (χ4n) is 3.54. The van der Waals surface area contributed by atoms with E-state index in [1.54, 1.807) is 12.1 Å². The Morgan fingerprint density at radius 2 is 1.69 bits per heavy atom. The van der Waals surface area contributed by atoms with E-state index in [-0.39, 0.29) is 5.82 Å². The van der Waals surface area contributed by atoms with E-state index in [9.17, 15) is 9.50 Å². The van der Waals surface area contributed by atoms with Gasteiger partial charge in [0.25, 0.3) is 0 Å². The molecule has 0 atom stereocenters. The van der Waals surface area contributed by atoms with Crippen molar-refractivity contribution in [1.29, 1.82) is 0 Å². The smallest absolute Gasteiger partial charge is 0.123 e. The van der Waals surface area contributed by atoms with E-state index in [0.717, 1.165) is 62.0 Å². The van der Waals surface area contributed by atoms with E-state index in [0.29, 0.717) is 5.02 Å². The van der Waals surface area contributed by atoms with Crippen molar-refractivity contribution >= 4 is 17.2 Å². The van der Waals surface area contributed by atoms with Gasteiger partial charge < -0.3 is 10.0 Å². The molecule has 138 valence electrons. The van der Waals surface area contributed by atoms with Gasteiger partial charge in [-0.1, -0.05) is 42.4 Å². The maximum Gasteiger partial charge on any atom is 0.123 e. The van der Waals surface area contributed by atoms with E-state index < -0.39 is 5.60 Å². The summed E-state index contributed by atoms with van der Waals surface area (Å²) in [4.78, 5) is 2.39. The molecule has 0 unspecified atom stereocenters. The lowest BCUT2D eigenvalue weighted by atomic mass is 9.84. The minimum absolute atomic E-state index is 0.219. The third-order valence-corrected chi connectivity index (χ3v) is 5.52. The molecular weight excluding hydrogens is 349 g/mol. The summed E-state index contributed by atoms with van der Waals surface area (Å²) in [7, 11) is 0. The van der Waals surface area contributed by atoms with Gasteiger partial charge in [-0.3, -0.25) is 0 Å². The predicted octanol–water partition coefficient (Wildman–Crippen LogP) is 5.26. The Morgan fingerprint density at radius 3 is 2.31 bits per heavy atom. The molecule has 26 heavy (non-hydrogen) atoms. The van der Waals surface area contributed by atoms with Crippen LogP contribution in [0.3, 0.4) is 0 Å². The molecule has 0 saturated carbocycles. The first kappa shape index (κ1) is 19.1. The molecule has 0 amide bonds. The molecule has 1 saturated heterocycles. The van der Waals surface area contributed by atoms with Gasteiger partial charge in [-0.2, -0.15) is 0 Å². The van der Waals surface area contributed by atoms with Crippen LogP contribution in [-0.4, -0.2) is 29.6 Å². The third kappa shape index (κ3) is 4.73. The van der Waals surface area contributed by atoms with Crippen LogP contribution >= 0.6 is 11.6 Å². The highest BCUT2D eigenvalue weighted by Crippen LogP contribution is 2.33. The number of hydrogen-bond donors (Lipinski definition) is 1. The second kappa shape index (κ2) is 8.34. The number of likely N-dealkylation sites (tertiary alicyclic amines) is 1. The molecule has 2 nitrogen and oxygen atoms in total. The fraction of sp³-hybridized carbons (Fsp3) is 0.364. The fourth-order valence-corrected chi connectivity index (χ4v) is 3.67. The highest BCUT2D eigenvalue weighted by Gasteiger charge is 2.33. The van der Waals surface area contributed by atoms with Crippen molar-refractivity contribution in [2.75, 3.05) is 19.6 Å². The molecule has 1 fully saturated rings. The number of benzene rings is 2. The summed E-state index contributed by atoms with van der Waals surface area (Å²) in [6, 6.07) is 14.0. The second-order valence-corrected chi connectivity index (χ2v) is 7.53. The number of halogens is 2. The van der Waals surface area contributed by atoms with E-state index in [4.69, 9.17) is 11.6 Å². The summed E-state index contributed by atoms with van der Waals surface area (Å²) in [5, 5.41) is 11.6. The first-order valence-electron chi connectivity index (χ1n) is 9.11. The largest absolute Gasteiger partial charge is 0.385 e. The second-order valence-electron chi connectivity index (χ2n) is 7.09. The first-order chi connectivity index (χ1) is 12.5. The van der Waals surface area contributed by atoms with Gasteiger partial charge in [-0.25, -0.2) is 4.39 Å². The van der Waals surface area contributed by atoms with Gasteiger partial charge in [0, 0.05) is 18.1 Å².